The van der Waals surface area contributed by atoms with Crippen molar-refractivity contribution in [3.05, 3.63) is 66.6 Å². The first kappa shape index (κ1) is 23.5. The molecule has 0 atom stereocenters. The number of nitrogens with zero attached hydrogens (tertiary/aromatic N) is 7. The van der Waals surface area contributed by atoms with Gasteiger partial charge in [-0.05, 0) is 29.8 Å². The minimum absolute atomic E-state index is 0.0355. The fraction of sp³-hybridized carbons (Fsp3) is 0.280. The highest BCUT2D eigenvalue weighted by atomic mass is 16.5. The minimum atomic E-state index is -0.0355. The van der Waals surface area contributed by atoms with Crippen LogP contribution in [0, 0.1) is 0 Å². The summed E-state index contributed by atoms with van der Waals surface area (Å²) in [6.45, 7) is 3.62. The molecule has 4 aromatic rings. The van der Waals surface area contributed by atoms with E-state index in [-0.39, 0.29) is 5.91 Å². The van der Waals surface area contributed by atoms with Crippen molar-refractivity contribution >= 4 is 28.4 Å². The van der Waals surface area contributed by atoms with Crippen molar-refractivity contribution in [3.63, 3.8) is 0 Å². The molecule has 1 fully saturated rings. The van der Waals surface area contributed by atoms with Gasteiger partial charge in [-0.3, -0.25) is 9.69 Å². The largest absolute Gasteiger partial charge is 0.497 e. The molecule has 11 nitrogen and oxygen atoms in total. The maximum absolute atomic E-state index is 12.3. The lowest BCUT2D eigenvalue weighted by Crippen LogP contribution is -2.41. The molecule has 36 heavy (non-hydrogen) atoms. The molecule has 5 rings (SSSR count). The fourth-order valence-electron chi connectivity index (χ4n) is 3.88. The van der Waals surface area contributed by atoms with Crippen molar-refractivity contribution in [2.24, 2.45) is 10.2 Å². The maximum Gasteiger partial charge on any atom is 0.238 e. The van der Waals surface area contributed by atoms with Crippen molar-refractivity contribution < 1.29 is 14.3 Å². The summed E-state index contributed by atoms with van der Waals surface area (Å²) >= 11 is 0. The van der Waals surface area contributed by atoms with E-state index in [9.17, 15) is 4.79 Å². The Morgan fingerprint density at radius 3 is 2.78 bits per heavy atom. The Kier molecular flexibility index (Phi) is 7.20. The lowest BCUT2D eigenvalue weighted by atomic mass is 10.2. The van der Waals surface area contributed by atoms with Crippen molar-refractivity contribution in [1.29, 1.82) is 0 Å². The minimum Gasteiger partial charge on any atom is -0.497 e. The number of hydrogen-bond acceptors (Lipinski definition) is 9. The number of anilines is 1. The van der Waals surface area contributed by atoms with Gasteiger partial charge >= 0.3 is 0 Å². The molecule has 1 N–H and O–H groups in total. The first-order valence-corrected chi connectivity index (χ1v) is 11.6. The fourth-order valence-corrected chi connectivity index (χ4v) is 3.88. The van der Waals surface area contributed by atoms with E-state index >= 15 is 0 Å². The maximum atomic E-state index is 12.3. The molecule has 0 radical (unpaired) electrons. The molecule has 1 amide bonds. The third-order valence-electron chi connectivity index (χ3n) is 5.77. The molecular weight excluding hydrogens is 460 g/mol. The van der Waals surface area contributed by atoms with E-state index in [4.69, 9.17) is 9.47 Å². The highest BCUT2D eigenvalue weighted by Gasteiger charge is 2.14. The van der Waals surface area contributed by atoms with E-state index in [0.29, 0.717) is 43.2 Å². The summed E-state index contributed by atoms with van der Waals surface area (Å²) in [5, 5.41) is 16.7. The molecule has 1 aliphatic heterocycles. The number of nitrogens with one attached hydrogen (secondary N) is 1. The Labute approximate surface area is 207 Å². The molecule has 0 bridgehead atoms. The SMILES string of the molecule is COc1cccc(-n2ncc3c(N=NCc4ccc(NC(=O)CN5CCOCC5)cc4)ncnc32)c1. The zero-order chi connectivity index (χ0) is 24.7. The second-order valence-corrected chi connectivity index (χ2v) is 8.23. The molecule has 0 spiro atoms. The van der Waals surface area contributed by atoms with Crippen LogP contribution in [0.25, 0.3) is 16.7 Å². The van der Waals surface area contributed by atoms with E-state index in [0.717, 1.165) is 35.8 Å². The average molecular weight is 487 g/mol. The van der Waals surface area contributed by atoms with Crippen LogP contribution in [-0.2, 0) is 16.1 Å². The smallest absolute Gasteiger partial charge is 0.238 e. The summed E-state index contributed by atoms with van der Waals surface area (Å²) in [6.07, 6.45) is 3.13. The molecule has 0 saturated carbocycles. The van der Waals surface area contributed by atoms with Crippen LogP contribution < -0.4 is 10.1 Å². The van der Waals surface area contributed by atoms with Gasteiger partial charge < -0.3 is 14.8 Å². The summed E-state index contributed by atoms with van der Waals surface area (Å²) in [7, 11) is 1.62. The molecule has 0 unspecified atom stereocenters. The first-order chi connectivity index (χ1) is 17.7. The quantitative estimate of drug-likeness (QED) is 0.379. The van der Waals surface area contributed by atoms with Gasteiger partial charge in [-0.1, -0.05) is 18.2 Å². The molecule has 1 saturated heterocycles. The first-order valence-electron chi connectivity index (χ1n) is 11.6. The van der Waals surface area contributed by atoms with Crippen LogP contribution in [0.2, 0.25) is 0 Å². The van der Waals surface area contributed by atoms with Gasteiger partial charge in [-0.15, -0.1) is 5.11 Å². The van der Waals surface area contributed by atoms with E-state index < -0.39 is 0 Å². The van der Waals surface area contributed by atoms with E-state index in [2.05, 4.69) is 35.5 Å². The second-order valence-electron chi connectivity index (χ2n) is 8.23. The molecule has 3 heterocycles. The van der Waals surface area contributed by atoms with Gasteiger partial charge in [0.05, 0.1) is 50.7 Å². The monoisotopic (exact) mass is 486 g/mol. The van der Waals surface area contributed by atoms with E-state index in [1.165, 1.54) is 6.33 Å². The van der Waals surface area contributed by atoms with Gasteiger partial charge in [-0.25, -0.2) is 14.6 Å². The van der Waals surface area contributed by atoms with Crippen LogP contribution in [0.1, 0.15) is 5.56 Å². The Morgan fingerprint density at radius 1 is 1.14 bits per heavy atom. The van der Waals surface area contributed by atoms with Crippen molar-refractivity contribution in [2.45, 2.75) is 6.54 Å². The molecule has 184 valence electrons. The Morgan fingerprint density at radius 2 is 1.97 bits per heavy atom. The van der Waals surface area contributed by atoms with Gasteiger partial charge in [0, 0.05) is 24.8 Å². The number of ether oxygens (including phenoxy) is 2. The van der Waals surface area contributed by atoms with Crippen molar-refractivity contribution in [3.8, 4) is 11.4 Å². The van der Waals surface area contributed by atoms with Crippen LogP contribution in [0.4, 0.5) is 11.5 Å². The number of carbonyl (C=O) groups excluding carboxylic acids is 1. The topological polar surface area (TPSA) is 119 Å². The number of benzene rings is 2. The molecule has 0 aliphatic carbocycles. The van der Waals surface area contributed by atoms with E-state index in [1.807, 2.05) is 48.5 Å². The predicted octanol–water partition coefficient (Wildman–Crippen LogP) is 3.38. The number of carbonyl (C=O) groups is 1. The van der Waals surface area contributed by atoms with Crippen molar-refractivity contribution in [1.82, 2.24) is 24.6 Å². The highest BCUT2D eigenvalue weighted by Crippen LogP contribution is 2.25. The summed E-state index contributed by atoms with van der Waals surface area (Å²) in [6, 6.07) is 15.1. The number of morpholine rings is 1. The lowest BCUT2D eigenvalue weighted by molar-refractivity contribution is -0.118. The average Bonchev–Trinajstić information content (AvgIpc) is 3.35. The van der Waals surface area contributed by atoms with Crippen LogP contribution in [0.3, 0.4) is 0 Å². The standard InChI is InChI=1S/C25H26N8O3/c1-35-21-4-2-3-20(13-21)33-25-22(15-29-33)24(26-17-27-25)31-28-14-18-5-7-19(8-6-18)30-23(34)16-32-9-11-36-12-10-32/h2-8,13,15,17H,9-12,14,16H2,1H3,(H,30,34). The summed E-state index contributed by atoms with van der Waals surface area (Å²) < 4.78 is 12.3. The number of fused-ring (bicyclic) bond motifs is 1. The van der Waals surface area contributed by atoms with Crippen LogP contribution >= 0.6 is 0 Å². The highest BCUT2D eigenvalue weighted by molar-refractivity contribution is 5.92. The van der Waals surface area contributed by atoms with Gasteiger partial charge in [0.15, 0.2) is 11.5 Å². The summed E-state index contributed by atoms with van der Waals surface area (Å²) in [4.78, 5) is 23.0. The molecule has 2 aromatic carbocycles. The van der Waals surface area contributed by atoms with Crippen LogP contribution in [-0.4, -0.2) is 70.5 Å². The van der Waals surface area contributed by atoms with Crippen LogP contribution in [0.15, 0.2) is 71.3 Å². The Balaban J connectivity index is 1.22. The summed E-state index contributed by atoms with van der Waals surface area (Å²) in [5.41, 5.74) is 3.16. The normalized spacial score (nSPS) is 14.4. The van der Waals surface area contributed by atoms with E-state index in [1.54, 1.807) is 18.0 Å². The number of methoxy groups -OCH3 is 1. The molecule has 11 heteroatoms. The van der Waals surface area contributed by atoms with Gasteiger partial charge in [0.25, 0.3) is 0 Å². The Bertz CT molecular complexity index is 1360. The zero-order valence-corrected chi connectivity index (χ0v) is 19.9. The predicted molar refractivity (Wildman–Crippen MR) is 134 cm³/mol. The molecule has 1 aliphatic rings. The zero-order valence-electron chi connectivity index (χ0n) is 19.9. The number of aromatic nitrogens is 4. The van der Waals surface area contributed by atoms with Gasteiger partial charge in [-0.2, -0.15) is 10.2 Å². The number of rotatable bonds is 8. The lowest BCUT2D eigenvalue weighted by Gasteiger charge is -2.25. The third-order valence-corrected chi connectivity index (χ3v) is 5.77. The number of amides is 1. The van der Waals surface area contributed by atoms with Crippen molar-refractivity contribution in [2.75, 3.05) is 45.3 Å². The second kappa shape index (κ2) is 11.0. The Hall–Kier alpha value is -4.22. The third kappa shape index (κ3) is 5.53. The molecule has 2 aromatic heterocycles. The molecular formula is C25H26N8O3. The van der Waals surface area contributed by atoms with Crippen LogP contribution in [0.5, 0.6) is 5.75 Å². The van der Waals surface area contributed by atoms with Gasteiger partial charge in [0.2, 0.25) is 5.91 Å². The number of azo groups is 1. The number of hydrogen-bond donors (Lipinski definition) is 1. The van der Waals surface area contributed by atoms with Gasteiger partial charge in [0.1, 0.15) is 12.1 Å². The summed E-state index contributed by atoms with van der Waals surface area (Å²) in [5.74, 6) is 1.14.